The van der Waals surface area contributed by atoms with E-state index in [1.54, 1.807) is 23.1 Å². The number of hydrogen-bond acceptors (Lipinski definition) is 5. The second-order valence-corrected chi connectivity index (χ2v) is 6.05. The summed E-state index contributed by atoms with van der Waals surface area (Å²) >= 11 is 0. The standard InChI is InChI=1S/C15H23N3O3/c1-15(2,3)17-13(19)9-21-14(20)11-8-10(16)6-7-12(11)18(4)5/h6-8H,9,16H2,1-5H3,(H,17,19). The van der Waals surface area contributed by atoms with Crippen molar-refractivity contribution in [3.8, 4) is 0 Å². The maximum Gasteiger partial charge on any atom is 0.340 e. The number of ether oxygens (including phenoxy) is 1. The molecule has 0 aliphatic carbocycles. The summed E-state index contributed by atoms with van der Waals surface area (Å²) in [6.45, 7) is 5.25. The predicted molar refractivity (Wildman–Crippen MR) is 83.4 cm³/mol. The van der Waals surface area contributed by atoms with Gasteiger partial charge >= 0.3 is 5.97 Å². The van der Waals surface area contributed by atoms with Gasteiger partial charge in [0.15, 0.2) is 6.61 Å². The highest BCUT2D eigenvalue weighted by Crippen LogP contribution is 2.22. The zero-order chi connectivity index (χ0) is 16.2. The number of nitrogens with two attached hydrogens (primary N) is 1. The van der Waals surface area contributed by atoms with E-state index in [1.807, 2.05) is 34.9 Å². The molecule has 0 heterocycles. The van der Waals surface area contributed by atoms with Gasteiger partial charge in [0.2, 0.25) is 0 Å². The monoisotopic (exact) mass is 293 g/mol. The van der Waals surface area contributed by atoms with Crippen molar-refractivity contribution in [1.29, 1.82) is 0 Å². The maximum atomic E-state index is 12.1. The van der Waals surface area contributed by atoms with E-state index < -0.39 is 5.97 Å². The molecule has 3 N–H and O–H groups in total. The van der Waals surface area contributed by atoms with E-state index >= 15 is 0 Å². The number of anilines is 2. The Morgan fingerprint density at radius 1 is 1.29 bits per heavy atom. The Labute approximate surface area is 125 Å². The lowest BCUT2D eigenvalue weighted by Gasteiger charge is -2.20. The number of rotatable bonds is 4. The molecule has 0 unspecified atom stereocenters. The van der Waals surface area contributed by atoms with Crippen LogP contribution in [0.25, 0.3) is 0 Å². The molecule has 0 spiro atoms. The van der Waals surface area contributed by atoms with E-state index in [4.69, 9.17) is 10.5 Å². The summed E-state index contributed by atoms with van der Waals surface area (Å²) in [4.78, 5) is 25.5. The predicted octanol–water partition coefficient (Wildman–Crippen LogP) is 1.41. The summed E-state index contributed by atoms with van der Waals surface area (Å²) in [7, 11) is 3.63. The van der Waals surface area contributed by atoms with Crippen molar-refractivity contribution in [1.82, 2.24) is 5.32 Å². The number of nitrogen functional groups attached to an aromatic ring is 1. The number of hydrogen-bond donors (Lipinski definition) is 2. The van der Waals surface area contributed by atoms with Crippen molar-refractivity contribution in [2.45, 2.75) is 26.3 Å². The van der Waals surface area contributed by atoms with Crippen LogP contribution in [0.5, 0.6) is 0 Å². The van der Waals surface area contributed by atoms with Crippen LogP contribution in [0.2, 0.25) is 0 Å². The van der Waals surface area contributed by atoms with Gasteiger partial charge < -0.3 is 20.7 Å². The molecule has 0 atom stereocenters. The van der Waals surface area contributed by atoms with Crippen molar-refractivity contribution >= 4 is 23.3 Å². The highest BCUT2D eigenvalue weighted by atomic mass is 16.5. The van der Waals surface area contributed by atoms with Crippen molar-refractivity contribution in [2.75, 3.05) is 31.3 Å². The molecule has 116 valence electrons. The topological polar surface area (TPSA) is 84.7 Å². The van der Waals surface area contributed by atoms with Gasteiger partial charge in [-0.1, -0.05) is 0 Å². The van der Waals surface area contributed by atoms with E-state index in [1.165, 1.54) is 0 Å². The minimum Gasteiger partial charge on any atom is -0.452 e. The highest BCUT2D eigenvalue weighted by Gasteiger charge is 2.18. The number of benzene rings is 1. The number of nitrogens with one attached hydrogen (secondary N) is 1. The Hall–Kier alpha value is -2.24. The smallest absolute Gasteiger partial charge is 0.340 e. The van der Waals surface area contributed by atoms with Crippen LogP contribution in [-0.4, -0.2) is 38.1 Å². The van der Waals surface area contributed by atoms with Crippen LogP contribution < -0.4 is 16.0 Å². The van der Waals surface area contributed by atoms with E-state index in [0.29, 0.717) is 16.9 Å². The summed E-state index contributed by atoms with van der Waals surface area (Å²) in [6, 6.07) is 4.99. The van der Waals surface area contributed by atoms with Crippen LogP contribution >= 0.6 is 0 Å². The average Bonchev–Trinajstić information content (AvgIpc) is 2.33. The van der Waals surface area contributed by atoms with Crippen molar-refractivity contribution in [3.05, 3.63) is 23.8 Å². The first kappa shape index (κ1) is 16.8. The van der Waals surface area contributed by atoms with Gasteiger partial charge in [-0.15, -0.1) is 0 Å². The normalized spacial score (nSPS) is 10.9. The lowest BCUT2D eigenvalue weighted by atomic mass is 10.1. The number of amides is 1. The van der Waals surface area contributed by atoms with Crippen LogP contribution in [0.3, 0.4) is 0 Å². The zero-order valence-corrected chi connectivity index (χ0v) is 13.2. The number of carbonyl (C=O) groups is 2. The Balaban J connectivity index is 2.76. The van der Waals surface area contributed by atoms with E-state index in [0.717, 1.165) is 0 Å². The molecule has 6 heteroatoms. The average molecular weight is 293 g/mol. The van der Waals surface area contributed by atoms with Gasteiger partial charge in [0.1, 0.15) is 0 Å². The number of esters is 1. The van der Waals surface area contributed by atoms with Gasteiger partial charge in [0.05, 0.1) is 11.3 Å². The first-order valence-corrected chi connectivity index (χ1v) is 6.65. The van der Waals surface area contributed by atoms with Crippen molar-refractivity contribution in [2.24, 2.45) is 0 Å². The molecule has 0 aliphatic heterocycles. The molecule has 0 aliphatic rings. The molecular weight excluding hydrogens is 270 g/mol. The Morgan fingerprint density at radius 2 is 1.90 bits per heavy atom. The molecule has 1 rings (SSSR count). The van der Waals surface area contributed by atoms with Crippen LogP contribution in [0.4, 0.5) is 11.4 Å². The summed E-state index contributed by atoms with van der Waals surface area (Å²) in [5, 5.41) is 2.72. The molecule has 21 heavy (non-hydrogen) atoms. The van der Waals surface area contributed by atoms with Crippen LogP contribution in [0.15, 0.2) is 18.2 Å². The molecule has 6 nitrogen and oxygen atoms in total. The van der Waals surface area contributed by atoms with E-state index in [2.05, 4.69) is 5.32 Å². The van der Waals surface area contributed by atoms with Gasteiger partial charge in [-0.3, -0.25) is 4.79 Å². The summed E-state index contributed by atoms with van der Waals surface area (Å²) in [5.74, 6) is -0.916. The Morgan fingerprint density at radius 3 is 2.43 bits per heavy atom. The third kappa shape index (κ3) is 5.33. The highest BCUT2D eigenvalue weighted by molar-refractivity contribution is 5.98. The lowest BCUT2D eigenvalue weighted by molar-refractivity contribution is -0.125. The summed E-state index contributed by atoms with van der Waals surface area (Å²) in [5.41, 5.74) is 6.82. The summed E-state index contributed by atoms with van der Waals surface area (Å²) in [6.07, 6.45) is 0. The van der Waals surface area contributed by atoms with Gasteiger partial charge in [-0.2, -0.15) is 0 Å². The van der Waals surface area contributed by atoms with Gasteiger partial charge in [0, 0.05) is 25.3 Å². The Bertz CT molecular complexity index is 533. The second-order valence-electron chi connectivity index (χ2n) is 6.05. The quantitative estimate of drug-likeness (QED) is 0.647. The van der Waals surface area contributed by atoms with E-state index in [9.17, 15) is 9.59 Å². The summed E-state index contributed by atoms with van der Waals surface area (Å²) < 4.78 is 5.05. The molecule has 1 amide bonds. The fraction of sp³-hybridized carbons (Fsp3) is 0.467. The van der Waals surface area contributed by atoms with Crippen LogP contribution in [-0.2, 0) is 9.53 Å². The molecule has 0 saturated heterocycles. The fourth-order valence-electron chi connectivity index (χ4n) is 1.77. The van der Waals surface area contributed by atoms with E-state index in [-0.39, 0.29) is 18.1 Å². The lowest BCUT2D eigenvalue weighted by Crippen LogP contribution is -2.42. The largest absolute Gasteiger partial charge is 0.452 e. The van der Waals surface area contributed by atoms with Crippen molar-refractivity contribution in [3.63, 3.8) is 0 Å². The Kier molecular flexibility index (Phi) is 5.18. The van der Waals surface area contributed by atoms with Gasteiger partial charge in [-0.05, 0) is 39.0 Å². The van der Waals surface area contributed by atoms with Crippen LogP contribution in [0.1, 0.15) is 31.1 Å². The van der Waals surface area contributed by atoms with Crippen LogP contribution in [0, 0.1) is 0 Å². The fourth-order valence-corrected chi connectivity index (χ4v) is 1.77. The first-order valence-electron chi connectivity index (χ1n) is 6.65. The third-order valence-corrected chi connectivity index (χ3v) is 2.57. The molecular formula is C15H23N3O3. The zero-order valence-electron chi connectivity index (χ0n) is 13.2. The van der Waals surface area contributed by atoms with Gasteiger partial charge in [0.25, 0.3) is 5.91 Å². The molecule has 1 aromatic rings. The van der Waals surface area contributed by atoms with Gasteiger partial charge in [-0.25, -0.2) is 4.79 Å². The minimum absolute atomic E-state index is 0.322. The molecule has 0 radical (unpaired) electrons. The molecule has 0 bridgehead atoms. The SMILES string of the molecule is CN(C)c1ccc(N)cc1C(=O)OCC(=O)NC(C)(C)C. The molecule has 0 fully saturated rings. The second kappa shape index (κ2) is 6.47. The molecule has 0 saturated carbocycles. The first-order chi connectivity index (χ1) is 9.60. The molecule has 0 aromatic heterocycles. The maximum absolute atomic E-state index is 12.1. The molecule has 1 aromatic carbocycles. The minimum atomic E-state index is -0.574. The number of nitrogens with zero attached hydrogens (tertiary/aromatic N) is 1. The number of carbonyl (C=O) groups excluding carboxylic acids is 2. The third-order valence-electron chi connectivity index (χ3n) is 2.57. The van der Waals surface area contributed by atoms with Crippen molar-refractivity contribution < 1.29 is 14.3 Å².